The number of alkyl halides is 3. The Morgan fingerprint density at radius 1 is 1.21 bits per heavy atom. The van der Waals surface area contributed by atoms with Crippen molar-refractivity contribution in [2.75, 3.05) is 24.6 Å². The second-order valence-corrected chi connectivity index (χ2v) is 13.7. The predicted octanol–water partition coefficient (Wildman–Crippen LogP) is 4.10. The molecule has 2 aromatic heterocycles. The molecule has 4 heterocycles. The quantitative estimate of drug-likeness (QED) is 0.507. The van der Waals surface area contributed by atoms with Crippen LogP contribution in [0.5, 0.6) is 5.88 Å². The van der Waals surface area contributed by atoms with Crippen LogP contribution in [0.3, 0.4) is 0 Å². The van der Waals surface area contributed by atoms with Crippen LogP contribution < -0.4 is 20.1 Å². The average Bonchev–Trinajstić information content (AvgIpc) is 3.48. The van der Waals surface area contributed by atoms with Crippen molar-refractivity contribution < 1.29 is 31.1 Å². The number of allylic oxidation sites excluding steroid dienone is 1. The number of hydrogen-bond donors (Lipinski definition) is 2. The normalized spacial score (nSPS) is 24.1. The van der Waals surface area contributed by atoms with Crippen LogP contribution in [0.15, 0.2) is 40.5 Å². The standard InChI is InChI=1S/C28H36F3N7O4S/c1-26(2)15-19-5-3-4-12-33-17-20(16-32)43(40,41)36-25(39)21-6-7-22(34-24(21)37(26)18-19)38-13-8-23(35-38)42-14-11-27(9-10-27)28(29,30)31/h6-8,13,16-17,19H,3-5,9-12,14-15,18,32H2,1-2H3,(H,36,39). The monoisotopic (exact) mass is 623 g/mol. The summed E-state index contributed by atoms with van der Waals surface area (Å²) in [7, 11) is -4.31. The number of rotatable bonds is 5. The van der Waals surface area contributed by atoms with Crippen LogP contribution in [0.2, 0.25) is 0 Å². The summed E-state index contributed by atoms with van der Waals surface area (Å²) in [6.45, 7) is 5.02. The predicted molar refractivity (Wildman–Crippen MR) is 155 cm³/mol. The highest BCUT2D eigenvalue weighted by Crippen LogP contribution is 2.59. The van der Waals surface area contributed by atoms with Crippen LogP contribution >= 0.6 is 0 Å². The number of pyridine rings is 1. The van der Waals surface area contributed by atoms with Gasteiger partial charge in [0, 0.05) is 43.3 Å². The average molecular weight is 624 g/mol. The van der Waals surface area contributed by atoms with E-state index in [0.717, 1.165) is 38.1 Å². The van der Waals surface area contributed by atoms with Crippen LogP contribution in [0, 0.1) is 11.3 Å². The maximum Gasteiger partial charge on any atom is 0.394 e. The molecule has 5 rings (SSSR count). The topological polar surface area (TPSA) is 145 Å². The van der Waals surface area contributed by atoms with E-state index in [1.165, 1.54) is 22.9 Å². The molecule has 234 valence electrons. The molecule has 1 aliphatic carbocycles. The van der Waals surface area contributed by atoms with Gasteiger partial charge in [0.15, 0.2) is 5.82 Å². The van der Waals surface area contributed by atoms with Gasteiger partial charge in [0.1, 0.15) is 10.7 Å². The third kappa shape index (κ3) is 6.50. The lowest BCUT2D eigenvalue weighted by Crippen LogP contribution is -2.41. The van der Waals surface area contributed by atoms with Crippen molar-refractivity contribution in [3.63, 3.8) is 0 Å². The molecule has 15 heteroatoms. The van der Waals surface area contributed by atoms with E-state index < -0.39 is 33.1 Å². The second-order valence-electron chi connectivity index (χ2n) is 12.0. The number of carbonyl (C=O) groups excluding carboxylic acids is 1. The number of aliphatic imine (C=N–C) groups is 1. The molecule has 3 aliphatic rings. The third-order valence-corrected chi connectivity index (χ3v) is 9.79. The molecule has 1 saturated heterocycles. The van der Waals surface area contributed by atoms with E-state index in [0.29, 0.717) is 30.6 Å². The number of halogens is 3. The number of ether oxygens (including phenoxy) is 1. The number of hydrogen-bond acceptors (Lipinski definition) is 9. The van der Waals surface area contributed by atoms with Crippen LogP contribution in [-0.2, 0) is 10.0 Å². The molecule has 1 saturated carbocycles. The molecule has 2 fully saturated rings. The summed E-state index contributed by atoms with van der Waals surface area (Å²) in [5.41, 5.74) is 3.54. The van der Waals surface area contributed by atoms with Crippen LogP contribution in [-0.4, -0.2) is 66.7 Å². The zero-order valence-corrected chi connectivity index (χ0v) is 24.9. The van der Waals surface area contributed by atoms with E-state index in [1.54, 1.807) is 6.20 Å². The summed E-state index contributed by atoms with van der Waals surface area (Å²) >= 11 is 0. The Labute approximate surface area is 248 Å². The molecule has 1 amide bonds. The van der Waals surface area contributed by atoms with E-state index in [4.69, 9.17) is 15.5 Å². The van der Waals surface area contributed by atoms with Gasteiger partial charge in [-0.15, -0.1) is 5.10 Å². The van der Waals surface area contributed by atoms with Gasteiger partial charge in [-0.3, -0.25) is 9.79 Å². The summed E-state index contributed by atoms with van der Waals surface area (Å²) < 4.78 is 74.7. The van der Waals surface area contributed by atoms with Crippen molar-refractivity contribution in [3.05, 3.63) is 41.1 Å². The largest absolute Gasteiger partial charge is 0.477 e. The molecular formula is C28H36F3N7O4S. The Balaban J connectivity index is 1.44. The van der Waals surface area contributed by atoms with Gasteiger partial charge in [-0.1, -0.05) is 6.42 Å². The van der Waals surface area contributed by atoms with Gasteiger partial charge in [-0.25, -0.2) is 22.8 Å². The minimum atomic E-state index is -4.31. The van der Waals surface area contributed by atoms with E-state index in [1.807, 2.05) is 4.90 Å². The molecule has 3 N–H and O–H groups in total. The molecule has 1 atom stereocenters. The SMILES string of the molecule is CC1(C)CC2CCCCN=CC(=CN)S(=O)(=O)NC(=O)c3ccc(-n4ccc(OCCC5(C(F)(F)F)CC5)n4)nc3N1C2. The number of fused-ring (bicyclic) bond motifs is 4. The number of nitrogens with one attached hydrogen (secondary N) is 1. The van der Waals surface area contributed by atoms with Crippen LogP contribution in [0.1, 0.15) is 69.2 Å². The number of carbonyl (C=O) groups is 1. The molecule has 11 nitrogen and oxygen atoms in total. The van der Waals surface area contributed by atoms with Crippen molar-refractivity contribution in [1.82, 2.24) is 19.5 Å². The van der Waals surface area contributed by atoms with Crippen molar-refractivity contribution >= 4 is 28.0 Å². The zero-order valence-electron chi connectivity index (χ0n) is 24.1. The number of nitrogens with two attached hydrogens (primary N) is 1. The number of aromatic nitrogens is 3. The van der Waals surface area contributed by atoms with Gasteiger partial charge in [-0.2, -0.15) is 13.2 Å². The summed E-state index contributed by atoms with van der Waals surface area (Å²) in [6, 6.07) is 4.52. The fourth-order valence-corrected chi connectivity index (χ4v) is 6.68. The van der Waals surface area contributed by atoms with Crippen molar-refractivity contribution in [3.8, 4) is 11.7 Å². The molecular weight excluding hydrogens is 587 g/mol. The Morgan fingerprint density at radius 3 is 2.67 bits per heavy atom. The van der Waals surface area contributed by atoms with Crippen LogP contribution in [0.4, 0.5) is 19.0 Å². The number of amides is 1. The number of sulfonamides is 1. The minimum absolute atomic E-state index is 0.0507. The first-order chi connectivity index (χ1) is 20.2. The van der Waals surface area contributed by atoms with E-state index in [-0.39, 0.29) is 42.2 Å². The maximum absolute atomic E-state index is 13.4. The molecule has 0 aromatic carbocycles. The second kappa shape index (κ2) is 11.5. The highest BCUT2D eigenvalue weighted by molar-refractivity contribution is 7.94. The van der Waals surface area contributed by atoms with Crippen LogP contribution in [0.25, 0.3) is 5.82 Å². The lowest BCUT2D eigenvalue weighted by molar-refractivity contribution is -0.190. The van der Waals surface area contributed by atoms with Crippen molar-refractivity contribution in [2.24, 2.45) is 22.1 Å². The molecule has 0 radical (unpaired) electrons. The number of nitrogens with zero attached hydrogens (tertiary/aromatic N) is 5. The van der Waals surface area contributed by atoms with Gasteiger partial charge < -0.3 is 15.4 Å². The lowest BCUT2D eigenvalue weighted by atomic mass is 9.93. The first kappa shape index (κ1) is 30.8. The molecule has 2 aromatic rings. The van der Waals surface area contributed by atoms with Gasteiger partial charge in [0.2, 0.25) is 5.88 Å². The summed E-state index contributed by atoms with van der Waals surface area (Å²) in [6.07, 6.45) is 2.88. The Hall–Kier alpha value is -3.62. The first-order valence-electron chi connectivity index (χ1n) is 14.3. The van der Waals surface area contributed by atoms with Crippen molar-refractivity contribution in [1.29, 1.82) is 0 Å². The highest BCUT2D eigenvalue weighted by atomic mass is 32.2. The first-order valence-corrected chi connectivity index (χ1v) is 15.8. The molecule has 2 bridgehead atoms. The lowest BCUT2D eigenvalue weighted by Gasteiger charge is -2.34. The summed E-state index contributed by atoms with van der Waals surface area (Å²) in [4.78, 5) is 24.1. The van der Waals surface area contributed by atoms with Gasteiger partial charge in [0.25, 0.3) is 15.9 Å². The van der Waals surface area contributed by atoms with Gasteiger partial charge in [-0.05, 0) is 70.4 Å². The fraction of sp³-hybridized carbons (Fsp3) is 0.571. The molecule has 1 unspecified atom stereocenters. The Kier molecular flexibility index (Phi) is 8.22. The smallest absolute Gasteiger partial charge is 0.394 e. The van der Waals surface area contributed by atoms with Gasteiger partial charge in [0.05, 0.1) is 17.6 Å². The Morgan fingerprint density at radius 2 is 1.98 bits per heavy atom. The summed E-state index contributed by atoms with van der Waals surface area (Å²) in [5, 5.41) is 4.33. The fourth-order valence-electron chi connectivity index (χ4n) is 5.82. The Bertz CT molecular complexity index is 1530. The van der Waals surface area contributed by atoms with Crippen molar-refractivity contribution in [2.45, 2.75) is 70.5 Å². The zero-order chi connectivity index (χ0) is 31.0. The molecule has 2 aliphatic heterocycles. The summed E-state index contributed by atoms with van der Waals surface area (Å²) in [5.74, 6) is 0.205. The molecule has 0 spiro atoms. The highest BCUT2D eigenvalue weighted by Gasteiger charge is 2.62. The molecule has 43 heavy (non-hydrogen) atoms. The number of anilines is 1. The van der Waals surface area contributed by atoms with E-state index >= 15 is 0 Å². The van der Waals surface area contributed by atoms with Gasteiger partial charge >= 0.3 is 6.18 Å². The van der Waals surface area contributed by atoms with E-state index in [9.17, 15) is 26.4 Å². The van der Waals surface area contributed by atoms with E-state index in [2.05, 4.69) is 28.7 Å². The maximum atomic E-state index is 13.4. The minimum Gasteiger partial charge on any atom is -0.477 e. The third-order valence-electron chi connectivity index (χ3n) is 8.47.